The van der Waals surface area contributed by atoms with E-state index in [4.69, 9.17) is 5.11 Å². The largest absolute Gasteiger partial charge is 0.508 e. The highest BCUT2D eigenvalue weighted by atomic mass is 19.4. The molecule has 2 N–H and O–H groups in total. The number of benzene rings is 1. The summed E-state index contributed by atoms with van der Waals surface area (Å²) in [7, 11) is 0.944. The van der Waals surface area contributed by atoms with Gasteiger partial charge in [0.2, 0.25) is 0 Å². The van der Waals surface area contributed by atoms with E-state index in [2.05, 4.69) is 4.74 Å². The molecule has 1 aromatic rings. The highest BCUT2D eigenvalue weighted by Gasteiger charge is 2.37. The summed E-state index contributed by atoms with van der Waals surface area (Å²) < 4.78 is 41.9. The Labute approximate surface area is 94.3 Å². The van der Waals surface area contributed by atoms with Gasteiger partial charge in [-0.15, -0.1) is 0 Å². The maximum absolute atomic E-state index is 12.6. The molecule has 7 heteroatoms. The number of carbonyl (C=O) groups excluding carboxylic acids is 1. The number of phenols is 1. The quantitative estimate of drug-likeness (QED) is 0.783. The van der Waals surface area contributed by atoms with Gasteiger partial charge in [-0.1, -0.05) is 6.07 Å². The number of aliphatic hydroxyl groups is 1. The molecule has 0 spiro atoms. The monoisotopic (exact) mass is 250 g/mol. The zero-order chi connectivity index (χ0) is 13.2. The molecular weight excluding hydrogens is 241 g/mol. The van der Waals surface area contributed by atoms with Crippen LogP contribution >= 0.6 is 0 Å². The third-order valence-corrected chi connectivity index (χ3v) is 2.06. The number of methoxy groups -OCH3 is 1. The van der Waals surface area contributed by atoms with Crippen LogP contribution in [0, 0.1) is 0 Å². The van der Waals surface area contributed by atoms with Gasteiger partial charge in [-0.05, 0) is 12.1 Å². The van der Waals surface area contributed by atoms with Crippen LogP contribution in [-0.4, -0.2) is 23.3 Å². The second-order valence-corrected chi connectivity index (χ2v) is 3.20. The van der Waals surface area contributed by atoms with E-state index in [1.165, 1.54) is 0 Å². The van der Waals surface area contributed by atoms with Crippen LogP contribution < -0.4 is 0 Å². The zero-order valence-corrected chi connectivity index (χ0v) is 8.65. The molecule has 0 aliphatic heterocycles. The van der Waals surface area contributed by atoms with Gasteiger partial charge in [0.05, 0.1) is 12.7 Å². The molecular formula is C10H9F3O4. The van der Waals surface area contributed by atoms with Crippen LogP contribution in [0.1, 0.15) is 17.2 Å². The number of halogens is 3. The molecule has 0 aromatic heterocycles. The molecule has 1 atom stereocenters. The number of ether oxygens (including phenoxy) is 1. The number of aromatic hydroxyl groups is 1. The summed E-state index contributed by atoms with van der Waals surface area (Å²) in [6, 6.07) is 2.19. The van der Waals surface area contributed by atoms with Crippen molar-refractivity contribution < 1.29 is 32.9 Å². The smallest absolute Gasteiger partial charge is 0.416 e. The SMILES string of the molecule is COC(=O)C(O)c1ccc(O)cc1C(F)(F)F. The lowest BCUT2D eigenvalue weighted by Gasteiger charge is -2.16. The first-order chi connectivity index (χ1) is 7.77. The molecule has 0 amide bonds. The van der Waals surface area contributed by atoms with Gasteiger partial charge in [0.1, 0.15) is 5.75 Å². The van der Waals surface area contributed by atoms with Crippen molar-refractivity contribution in [1.29, 1.82) is 0 Å². The predicted molar refractivity (Wildman–Crippen MR) is 50.1 cm³/mol. The van der Waals surface area contributed by atoms with Crippen LogP contribution in [-0.2, 0) is 15.7 Å². The molecule has 1 unspecified atom stereocenters. The van der Waals surface area contributed by atoms with Crippen molar-refractivity contribution in [3.05, 3.63) is 29.3 Å². The summed E-state index contributed by atoms with van der Waals surface area (Å²) in [5.74, 6) is -1.82. The normalized spacial score (nSPS) is 13.2. The van der Waals surface area contributed by atoms with Gasteiger partial charge >= 0.3 is 12.1 Å². The van der Waals surface area contributed by atoms with Gasteiger partial charge in [-0.2, -0.15) is 13.2 Å². The zero-order valence-electron chi connectivity index (χ0n) is 8.65. The molecule has 4 nitrogen and oxygen atoms in total. The summed E-state index contributed by atoms with van der Waals surface area (Å²) in [4.78, 5) is 11.0. The van der Waals surface area contributed by atoms with Crippen LogP contribution in [0.25, 0.3) is 0 Å². The van der Waals surface area contributed by atoms with Gasteiger partial charge in [0, 0.05) is 5.56 Å². The molecule has 94 valence electrons. The minimum Gasteiger partial charge on any atom is -0.508 e. The molecule has 1 aromatic carbocycles. The fourth-order valence-electron chi connectivity index (χ4n) is 1.27. The number of alkyl halides is 3. The van der Waals surface area contributed by atoms with E-state index in [1.807, 2.05) is 0 Å². The first-order valence-corrected chi connectivity index (χ1v) is 4.43. The molecule has 0 aliphatic rings. The van der Waals surface area contributed by atoms with E-state index in [0.29, 0.717) is 6.07 Å². The molecule has 0 aliphatic carbocycles. The van der Waals surface area contributed by atoms with Crippen LogP contribution in [0.4, 0.5) is 13.2 Å². The summed E-state index contributed by atoms with van der Waals surface area (Å²) in [6.45, 7) is 0. The Kier molecular flexibility index (Phi) is 3.62. The Bertz CT molecular complexity index is 428. The lowest BCUT2D eigenvalue weighted by atomic mass is 10.0. The topological polar surface area (TPSA) is 66.8 Å². The van der Waals surface area contributed by atoms with Crippen molar-refractivity contribution in [2.24, 2.45) is 0 Å². The molecule has 17 heavy (non-hydrogen) atoms. The third kappa shape index (κ3) is 2.88. The number of carbonyl (C=O) groups is 1. The Morgan fingerprint density at radius 3 is 2.47 bits per heavy atom. The Hall–Kier alpha value is -1.76. The highest BCUT2D eigenvalue weighted by molar-refractivity contribution is 5.76. The van der Waals surface area contributed by atoms with E-state index >= 15 is 0 Å². The number of hydrogen-bond donors (Lipinski definition) is 2. The lowest BCUT2D eigenvalue weighted by Crippen LogP contribution is -2.18. The first-order valence-electron chi connectivity index (χ1n) is 4.43. The van der Waals surface area contributed by atoms with Gasteiger partial charge in [0.25, 0.3) is 0 Å². The van der Waals surface area contributed by atoms with E-state index < -0.39 is 35.1 Å². The first kappa shape index (κ1) is 13.3. The Morgan fingerprint density at radius 2 is 2.00 bits per heavy atom. The minimum atomic E-state index is -4.79. The summed E-state index contributed by atoms with van der Waals surface area (Å²) in [5.41, 5.74) is -1.95. The second-order valence-electron chi connectivity index (χ2n) is 3.20. The standard InChI is InChI=1S/C10H9F3O4/c1-17-9(16)8(15)6-3-2-5(14)4-7(6)10(11,12)13/h2-4,8,14-15H,1H3. The van der Waals surface area contributed by atoms with Crippen molar-refractivity contribution in [1.82, 2.24) is 0 Å². The predicted octanol–water partition coefficient (Wildman–Crippen LogP) is 1.62. The molecule has 0 fully saturated rings. The van der Waals surface area contributed by atoms with Gasteiger partial charge in [-0.3, -0.25) is 0 Å². The van der Waals surface area contributed by atoms with Crippen LogP contribution in [0.15, 0.2) is 18.2 Å². The van der Waals surface area contributed by atoms with Crippen molar-refractivity contribution in [3.8, 4) is 5.75 Å². The van der Waals surface area contributed by atoms with Crippen LogP contribution in [0.2, 0.25) is 0 Å². The van der Waals surface area contributed by atoms with Crippen LogP contribution in [0.5, 0.6) is 5.75 Å². The Morgan fingerprint density at radius 1 is 1.41 bits per heavy atom. The van der Waals surface area contributed by atoms with Crippen molar-refractivity contribution in [2.45, 2.75) is 12.3 Å². The summed E-state index contributed by atoms with van der Waals surface area (Å²) in [6.07, 6.45) is -6.83. The molecule has 0 saturated carbocycles. The average molecular weight is 250 g/mol. The van der Waals surface area contributed by atoms with Crippen molar-refractivity contribution in [3.63, 3.8) is 0 Å². The highest BCUT2D eigenvalue weighted by Crippen LogP contribution is 2.36. The van der Waals surface area contributed by atoms with Gasteiger partial charge in [0.15, 0.2) is 6.10 Å². The van der Waals surface area contributed by atoms with Crippen molar-refractivity contribution in [2.75, 3.05) is 7.11 Å². The van der Waals surface area contributed by atoms with E-state index in [1.54, 1.807) is 0 Å². The van der Waals surface area contributed by atoms with E-state index in [9.17, 15) is 23.1 Å². The fraction of sp³-hybridized carbons (Fsp3) is 0.300. The molecule has 0 heterocycles. The van der Waals surface area contributed by atoms with Gasteiger partial charge in [-0.25, -0.2) is 4.79 Å². The summed E-state index contributed by atoms with van der Waals surface area (Å²) >= 11 is 0. The number of aliphatic hydroxyl groups excluding tert-OH is 1. The molecule has 0 radical (unpaired) electrons. The Balaban J connectivity index is 3.29. The molecule has 0 saturated heterocycles. The third-order valence-electron chi connectivity index (χ3n) is 2.06. The molecule has 1 rings (SSSR count). The number of esters is 1. The maximum Gasteiger partial charge on any atom is 0.416 e. The average Bonchev–Trinajstić information content (AvgIpc) is 2.25. The minimum absolute atomic E-state index is 0.432. The summed E-state index contributed by atoms with van der Waals surface area (Å²) in [5, 5.41) is 18.3. The number of hydrogen-bond acceptors (Lipinski definition) is 4. The van der Waals surface area contributed by atoms with Crippen LogP contribution in [0.3, 0.4) is 0 Å². The maximum atomic E-state index is 12.6. The number of phenolic OH excluding ortho intramolecular Hbond substituents is 1. The van der Waals surface area contributed by atoms with Crippen molar-refractivity contribution >= 4 is 5.97 Å². The molecule has 0 bridgehead atoms. The van der Waals surface area contributed by atoms with E-state index in [0.717, 1.165) is 19.2 Å². The second kappa shape index (κ2) is 4.62. The fourth-order valence-corrected chi connectivity index (χ4v) is 1.27. The number of rotatable bonds is 2. The lowest BCUT2D eigenvalue weighted by molar-refractivity contribution is -0.152. The van der Waals surface area contributed by atoms with E-state index in [-0.39, 0.29) is 0 Å². The van der Waals surface area contributed by atoms with Gasteiger partial charge < -0.3 is 14.9 Å².